The molecule has 1 N–H and O–H groups in total. The third-order valence-electron chi connectivity index (χ3n) is 2.93. The number of aromatic amines is 1. The molecule has 0 saturated heterocycles. The molecule has 94 valence electrons. The van der Waals surface area contributed by atoms with E-state index in [1.807, 2.05) is 11.6 Å². The van der Waals surface area contributed by atoms with Crippen molar-refractivity contribution in [2.45, 2.75) is 33.4 Å². The lowest BCUT2D eigenvalue weighted by atomic mass is 10.3. The first kappa shape index (κ1) is 12.3. The molecule has 2 heterocycles. The Hall–Kier alpha value is -1.14. The van der Waals surface area contributed by atoms with Crippen LogP contribution in [0.1, 0.15) is 25.6 Å². The molecule has 0 aliphatic rings. The second kappa shape index (κ2) is 4.62. The summed E-state index contributed by atoms with van der Waals surface area (Å²) in [6, 6.07) is 0.197. The van der Waals surface area contributed by atoms with Gasteiger partial charge in [0.05, 0.1) is 18.3 Å². The highest BCUT2D eigenvalue weighted by Gasteiger charge is 2.17. The van der Waals surface area contributed by atoms with Crippen LogP contribution >= 0.6 is 12.2 Å². The van der Waals surface area contributed by atoms with Crippen LogP contribution in [-0.2, 0) is 11.3 Å². The summed E-state index contributed by atoms with van der Waals surface area (Å²) < 4.78 is 9.99. The quantitative estimate of drug-likeness (QED) is 0.852. The van der Waals surface area contributed by atoms with E-state index >= 15 is 0 Å². The predicted octanol–water partition coefficient (Wildman–Crippen LogP) is 2.43. The monoisotopic (exact) mass is 254 g/mol. The number of imidazole rings is 1. The van der Waals surface area contributed by atoms with Crippen LogP contribution in [0.25, 0.3) is 11.2 Å². The zero-order valence-electron chi connectivity index (χ0n) is 10.6. The van der Waals surface area contributed by atoms with Crippen LogP contribution in [0.4, 0.5) is 0 Å². The number of methoxy groups -OCH3 is 1. The van der Waals surface area contributed by atoms with Gasteiger partial charge in [0.1, 0.15) is 5.52 Å². The molecule has 1 unspecified atom stereocenters. The molecule has 2 aromatic heterocycles. The van der Waals surface area contributed by atoms with E-state index in [0.717, 1.165) is 28.2 Å². The molecule has 6 heteroatoms. The minimum absolute atomic E-state index is 0.197. The fourth-order valence-electron chi connectivity index (χ4n) is 2.17. The van der Waals surface area contributed by atoms with Gasteiger partial charge < -0.3 is 9.72 Å². The van der Waals surface area contributed by atoms with Crippen molar-refractivity contribution in [3.63, 3.8) is 0 Å². The van der Waals surface area contributed by atoms with Gasteiger partial charge in [0.2, 0.25) is 0 Å². The second-order valence-electron chi connectivity index (χ2n) is 4.20. The van der Waals surface area contributed by atoms with E-state index in [-0.39, 0.29) is 6.04 Å². The van der Waals surface area contributed by atoms with Gasteiger partial charge in [-0.1, -0.05) is 0 Å². The van der Waals surface area contributed by atoms with Gasteiger partial charge in [-0.2, -0.15) is 5.10 Å². The topological polar surface area (TPSA) is 47.8 Å². The van der Waals surface area contributed by atoms with Gasteiger partial charge in [-0.15, -0.1) is 0 Å². The summed E-state index contributed by atoms with van der Waals surface area (Å²) in [7, 11) is 1.70. The molecule has 0 fully saturated rings. The van der Waals surface area contributed by atoms with Crippen LogP contribution in [0.5, 0.6) is 0 Å². The number of hydrogen-bond acceptors (Lipinski definition) is 3. The first-order chi connectivity index (χ1) is 8.10. The summed E-state index contributed by atoms with van der Waals surface area (Å²) in [6.07, 6.45) is 0. The Morgan fingerprint density at radius 1 is 1.53 bits per heavy atom. The van der Waals surface area contributed by atoms with Gasteiger partial charge in [0.15, 0.2) is 10.4 Å². The van der Waals surface area contributed by atoms with Gasteiger partial charge in [-0.3, -0.25) is 4.57 Å². The molecular weight excluding hydrogens is 236 g/mol. The second-order valence-corrected chi connectivity index (χ2v) is 4.59. The van der Waals surface area contributed by atoms with E-state index in [4.69, 9.17) is 17.0 Å². The van der Waals surface area contributed by atoms with E-state index in [0.29, 0.717) is 6.61 Å². The molecule has 0 radical (unpaired) electrons. The molecule has 0 amide bonds. The van der Waals surface area contributed by atoms with Gasteiger partial charge in [0.25, 0.3) is 0 Å². The number of H-pyrrole nitrogens is 1. The average molecular weight is 254 g/mol. The van der Waals surface area contributed by atoms with Crippen molar-refractivity contribution < 1.29 is 4.74 Å². The lowest BCUT2D eigenvalue weighted by Gasteiger charge is -2.13. The normalized spacial score (nSPS) is 13.4. The molecule has 2 rings (SSSR count). The summed E-state index contributed by atoms with van der Waals surface area (Å²) in [6.45, 7) is 7.62. The molecule has 0 bridgehead atoms. The van der Waals surface area contributed by atoms with Gasteiger partial charge in [-0.25, -0.2) is 4.68 Å². The minimum atomic E-state index is 0.197. The van der Waals surface area contributed by atoms with E-state index in [9.17, 15) is 0 Å². The summed E-state index contributed by atoms with van der Waals surface area (Å²) in [5.41, 5.74) is 3.07. The maximum absolute atomic E-state index is 5.37. The molecule has 0 aliphatic heterocycles. The van der Waals surface area contributed by atoms with Crippen molar-refractivity contribution in [1.82, 2.24) is 19.3 Å². The number of aryl methyl sites for hydroxylation is 2. The molecular formula is C11H18N4OS. The first-order valence-corrected chi connectivity index (χ1v) is 6.17. The summed E-state index contributed by atoms with van der Waals surface area (Å²) >= 11 is 5.37. The summed E-state index contributed by atoms with van der Waals surface area (Å²) in [5, 5.41) is 4.49. The number of hydrogen-bond donors (Lipinski definition) is 1. The zero-order valence-corrected chi connectivity index (χ0v) is 11.5. The van der Waals surface area contributed by atoms with Crippen LogP contribution in [-0.4, -0.2) is 33.0 Å². The Morgan fingerprint density at radius 2 is 2.24 bits per heavy atom. The number of aromatic nitrogens is 4. The maximum atomic E-state index is 5.37. The highest BCUT2D eigenvalue weighted by Crippen LogP contribution is 2.21. The molecule has 0 aliphatic carbocycles. The maximum Gasteiger partial charge on any atom is 0.179 e. The number of ether oxygens (including phenoxy) is 1. The molecule has 0 spiro atoms. The SMILES string of the molecule is CCn1nc(C)c2[nH]c(=S)n(C(C)COC)c21. The fraction of sp³-hybridized carbons (Fsp3) is 0.636. The number of rotatable bonds is 4. The Balaban J connectivity index is 2.68. The lowest BCUT2D eigenvalue weighted by Crippen LogP contribution is -2.13. The van der Waals surface area contributed by atoms with Crippen LogP contribution in [0.3, 0.4) is 0 Å². The van der Waals surface area contributed by atoms with Crippen molar-refractivity contribution >= 4 is 23.4 Å². The molecule has 1 atom stereocenters. The Kier molecular flexibility index (Phi) is 3.35. The molecule has 5 nitrogen and oxygen atoms in total. The molecule has 17 heavy (non-hydrogen) atoms. The van der Waals surface area contributed by atoms with Crippen LogP contribution < -0.4 is 0 Å². The smallest absolute Gasteiger partial charge is 0.179 e. The number of nitrogens with one attached hydrogen (secondary N) is 1. The average Bonchev–Trinajstić information content (AvgIpc) is 2.76. The van der Waals surface area contributed by atoms with Crippen LogP contribution in [0.2, 0.25) is 0 Å². The van der Waals surface area contributed by atoms with E-state index in [1.165, 1.54) is 0 Å². The van der Waals surface area contributed by atoms with Gasteiger partial charge in [-0.05, 0) is 33.0 Å². The van der Waals surface area contributed by atoms with Crippen molar-refractivity contribution in [2.75, 3.05) is 13.7 Å². The Bertz CT molecular complexity index is 580. The minimum Gasteiger partial charge on any atom is -0.383 e. The van der Waals surface area contributed by atoms with Gasteiger partial charge in [0, 0.05) is 13.7 Å². The Labute approximate surface area is 105 Å². The Morgan fingerprint density at radius 3 is 2.82 bits per heavy atom. The predicted molar refractivity (Wildman–Crippen MR) is 69.9 cm³/mol. The van der Waals surface area contributed by atoms with E-state index in [2.05, 4.69) is 28.5 Å². The van der Waals surface area contributed by atoms with Crippen molar-refractivity contribution in [2.24, 2.45) is 0 Å². The van der Waals surface area contributed by atoms with Crippen LogP contribution in [0, 0.1) is 11.7 Å². The lowest BCUT2D eigenvalue weighted by molar-refractivity contribution is 0.162. The van der Waals surface area contributed by atoms with Gasteiger partial charge >= 0.3 is 0 Å². The summed E-state index contributed by atoms with van der Waals surface area (Å²) in [4.78, 5) is 3.23. The zero-order chi connectivity index (χ0) is 12.6. The molecule has 0 saturated carbocycles. The highest BCUT2D eigenvalue weighted by atomic mass is 32.1. The van der Waals surface area contributed by atoms with Crippen LogP contribution in [0.15, 0.2) is 0 Å². The van der Waals surface area contributed by atoms with Crippen molar-refractivity contribution in [3.8, 4) is 0 Å². The molecule has 0 aromatic carbocycles. The summed E-state index contributed by atoms with van der Waals surface area (Å²) in [5.74, 6) is 0. The molecule has 2 aromatic rings. The number of fused-ring (bicyclic) bond motifs is 1. The van der Waals surface area contributed by atoms with Crippen molar-refractivity contribution in [1.29, 1.82) is 0 Å². The first-order valence-electron chi connectivity index (χ1n) is 5.76. The third kappa shape index (κ3) is 1.91. The third-order valence-corrected chi connectivity index (χ3v) is 3.23. The van der Waals surface area contributed by atoms with E-state index < -0.39 is 0 Å². The highest BCUT2D eigenvalue weighted by molar-refractivity contribution is 7.71. The standard InChI is InChI=1S/C11H18N4OS/c1-5-14-10-9(8(3)13-14)12-11(17)15(10)7(2)6-16-4/h7H,5-6H2,1-4H3,(H,12,17). The number of nitrogens with zero attached hydrogens (tertiary/aromatic N) is 3. The largest absolute Gasteiger partial charge is 0.383 e. The van der Waals surface area contributed by atoms with E-state index in [1.54, 1.807) is 7.11 Å². The fourth-order valence-corrected chi connectivity index (χ4v) is 2.54. The van der Waals surface area contributed by atoms with Crippen molar-refractivity contribution in [3.05, 3.63) is 10.5 Å².